The van der Waals surface area contributed by atoms with Gasteiger partial charge in [-0.2, -0.15) is 0 Å². The fourth-order valence-electron chi connectivity index (χ4n) is 1.53. The standard InChI is InChI=1S/C14H10BrIO/c15-12-5-3-11(4-6-12)14(17)9-10-1-7-13(16)8-2-10/h1-8H,9H2. The number of Topliss-reactive ketones (excluding diaryl/α,β-unsaturated/α-hetero) is 1. The fourth-order valence-corrected chi connectivity index (χ4v) is 2.15. The number of ketones is 1. The van der Waals surface area contributed by atoms with E-state index >= 15 is 0 Å². The summed E-state index contributed by atoms with van der Waals surface area (Å²) in [6.07, 6.45) is 0.457. The Morgan fingerprint density at radius 3 is 2.18 bits per heavy atom. The van der Waals surface area contributed by atoms with Crippen molar-refractivity contribution in [3.63, 3.8) is 0 Å². The second kappa shape index (κ2) is 5.78. The van der Waals surface area contributed by atoms with E-state index in [1.54, 1.807) is 0 Å². The molecule has 2 aromatic carbocycles. The van der Waals surface area contributed by atoms with Gasteiger partial charge in [0.2, 0.25) is 0 Å². The fraction of sp³-hybridized carbons (Fsp3) is 0.0714. The topological polar surface area (TPSA) is 17.1 Å². The van der Waals surface area contributed by atoms with Crippen LogP contribution in [0.2, 0.25) is 0 Å². The lowest BCUT2D eigenvalue weighted by atomic mass is 10.0. The summed E-state index contributed by atoms with van der Waals surface area (Å²) in [6.45, 7) is 0. The Hall–Kier alpha value is -0.680. The summed E-state index contributed by atoms with van der Waals surface area (Å²) in [5, 5.41) is 0. The number of halogens is 2. The van der Waals surface area contributed by atoms with Crippen molar-refractivity contribution >= 4 is 44.3 Å². The van der Waals surface area contributed by atoms with E-state index in [1.165, 1.54) is 3.57 Å². The Morgan fingerprint density at radius 1 is 1.00 bits per heavy atom. The minimum atomic E-state index is 0.152. The highest BCUT2D eigenvalue weighted by molar-refractivity contribution is 14.1. The van der Waals surface area contributed by atoms with Gasteiger partial charge in [-0.3, -0.25) is 4.79 Å². The van der Waals surface area contributed by atoms with Crippen molar-refractivity contribution in [3.05, 3.63) is 67.7 Å². The van der Waals surface area contributed by atoms with Crippen molar-refractivity contribution in [2.75, 3.05) is 0 Å². The van der Waals surface area contributed by atoms with E-state index in [0.29, 0.717) is 6.42 Å². The molecule has 0 atom stereocenters. The average molecular weight is 401 g/mol. The average Bonchev–Trinajstić information content (AvgIpc) is 2.33. The molecule has 0 bridgehead atoms. The highest BCUT2D eigenvalue weighted by atomic mass is 127. The van der Waals surface area contributed by atoms with Crippen molar-refractivity contribution in [3.8, 4) is 0 Å². The summed E-state index contributed by atoms with van der Waals surface area (Å²) in [6, 6.07) is 15.5. The zero-order chi connectivity index (χ0) is 12.3. The lowest BCUT2D eigenvalue weighted by Crippen LogP contribution is -2.03. The van der Waals surface area contributed by atoms with E-state index in [1.807, 2.05) is 48.5 Å². The molecule has 3 heteroatoms. The summed E-state index contributed by atoms with van der Waals surface area (Å²) >= 11 is 5.61. The second-order valence-electron chi connectivity index (χ2n) is 3.73. The Bertz CT molecular complexity index is 517. The number of carbonyl (C=O) groups excluding carboxylic acids is 1. The molecule has 0 saturated heterocycles. The molecule has 0 aliphatic heterocycles. The Morgan fingerprint density at radius 2 is 1.59 bits per heavy atom. The van der Waals surface area contributed by atoms with Crippen molar-refractivity contribution in [1.82, 2.24) is 0 Å². The molecule has 0 radical (unpaired) electrons. The van der Waals surface area contributed by atoms with Crippen LogP contribution in [-0.2, 0) is 6.42 Å². The molecule has 0 amide bonds. The molecule has 1 nitrogen and oxygen atoms in total. The van der Waals surface area contributed by atoms with Crippen molar-refractivity contribution in [2.45, 2.75) is 6.42 Å². The minimum absolute atomic E-state index is 0.152. The first-order valence-corrected chi connectivity index (χ1v) is 7.05. The molecule has 0 fully saturated rings. The van der Waals surface area contributed by atoms with Gasteiger partial charge in [-0.1, -0.05) is 40.2 Å². The molecule has 0 N–H and O–H groups in total. The summed E-state index contributed by atoms with van der Waals surface area (Å²) in [5.41, 5.74) is 1.81. The Balaban J connectivity index is 2.11. The maximum Gasteiger partial charge on any atom is 0.167 e. The smallest absolute Gasteiger partial charge is 0.167 e. The van der Waals surface area contributed by atoms with Crippen LogP contribution in [0.15, 0.2) is 53.0 Å². The molecule has 0 saturated carbocycles. The van der Waals surface area contributed by atoms with E-state index in [0.717, 1.165) is 15.6 Å². The third kappa shape index (κ3) is 3.64. The van der Waals surface area contributed by atoms with Crippen LogP contribution in [0.5, 0.6) is 0 Å². The van der Waals surface area contributed by atoms with Crippen molar-refractivity contribution in [2.24, 2.45) is 0 Å². The molecule has 0 aliphatic carbocycles. The highest BCUT2D eigenvalue weighted by Gasteiger charge is 2.06. The zero-order valence-electron chi connectivity index (χ0n) is 8.99. The summed E-state index contributed by atoms with van der Waals surface area (Å²) in [5.74, 6) is 0.152. The highest BCUT2D eigenvalue weighted by Crippen LogP contribution is 2.14. The molecule has 86 valence electrons. The van der Waals surface area contributed by atoms with Crippen LogP contribution < -0.4 is 0 Å². The summed E-state index contributed by atoms with van der Waals surface area (Å²) < 4.78 is 2.17. The van der Waals surface area contributed by atoms with Crippen LogP contribution in [0.1, 0.15) is 15.9 Å². The van der Waals surface area contributed by atoms with E-state index in [-0.39, 0.29) is 5.78 Å². The predicted octanol–water partition coefficient (Wildman–Crippen LogP) is 4.48. The van der Waals surface area contributed by atoms with Gasteiger partial charge in [0, 0.05) is 20.0 Å². The lowest BCUT2D eigenvalue weighted by molar-refractivity contribution is 0.0993. The van der Waals surface area contributed by atoms with Gasteiger partial charge in [0.25, 0.3) is 0 Å². The van der Waals surface area contributed by atoms with Gasteiger partial charge in [0.05, 0.1) is 0 Å². The molecule has 17 heavy (non-hydrogen) atoms. The number of benzene rings is 2. The molecule has 2 aromatic rings. The zero-order valence-corrected chi connectivity index (χ0v) is 12.7. The van der Waals surface area contributed by atoms with Crippen LogP contribution >= 0.6 is 38.5 Å². The van der Waals surface area contributed by atoms with E-state index in [4.69, 9.17) is 0 Å². The third-order valence-corrected chi connectivity index (χ3v) is 3.69. The first kappa shape index (κ1) is 12.8. The number of carbonyl (C=O) groups is 1. The third-order valence-electron chi connectivity index (χ3n) is 2.44. The molecule has 0 aliphatic rings. The Labute approximate surface area is 123 Å². The lowest BCUT2D eigenvalue weighted by Gasteiger charge is -2.02. The largest absolute Gasteiger partial charge is 0.294 e. The van der Waals surface area contributed by atoms with Crippen LogP contribution in [0.4, 0.5) is 0 Å². The van der Waals surface area contributed by atoms with Crippen molar-refractivity contribution in [1.29, 1.82) is 0 Å². The van der Waals surface area contributed by atoms with Crippen molar-refractivity contribution < 1.29 is 4.79 Å². The molecule has 0 unspecified atom stereocenters. The monoisotopic (exact) mass is 400 g/mol. The molecular formula is C14H10BrIO. The minimum Gasteiger partial charge on any atom is -0.294 e. The normalized spacial score (nSPS) is 10.2. The summed E-state index contributed by atoms with van der Waals surface area (Å²) in [7, 11) is 0. The first-order valence-electron chi connectivity index (χ1n) is 5.18. The van der Waals surface area contributed by atoms with E-state index < -0.39 is 0 Å². The van der Waals surface area contributed by atoms with Crippen LogP contribution in [0, 0.1) is 3.57 Å². The SMILES string of the molecule is O=C(Cc1ccc(I)cc1)c1ccc(Br)cc1. The van der Waals surface area contributed by atoms with Crippen LogP contribution in [0.25, 0.3) is 0 Å². The van der Waals surface area contributed by atoms with E-state index in [9.17, 15) is 4.79 Å². The first-order chi connectivity index (χ1) is 8.15. The van der Waals surface area contributed by atoms with Gasteiger partial charge in [0.15, 0.2) is 5.78 Å². The van der Waals surface area contributed by atoms with Crippen LogP contribution in [-0.4, -0.2) is 5.78 Å². The van der Waals surface area contributed by atoms with Gasteiger partial charge in [-0.15, -0.1) is 0 Å². The van der Waals surface area contributed by atoms with Gasteiger partial charge < -0.3 is 0 Å². The van der Waals surface area contributed by atoms with Gasteiger partial charge >= 0.3 is 0 Å². The number of hydrogen-bond donors (Lipinski definition) is 0. The van der Waals surface area contributed by atoms with Gasteiger partial charge in [-0.25, -0.2) is 0 Å². The van der Waals surface area contributed by atoms with E-state index in [2.05, 4.69) is 38.5 Å². The number of hydrogen-bond acceptors (Lipinski definition) is 1. The molecule has 2 rings (SSSR count). The Kier molecular flexibility index (Phi) is 4.34. The second-order valence-corrected chi connectivity index (χ2v) is 5.89. The summed E-state index contributed by atoms with van der Waals surface area (Å²) in [4.78, 5) is 12.0. The quantitative estimate of drug-likeness (QED) is 0.548. The molecular weight excluding hydrogens is 391 g/mol. The van der Waals surface area contributed by atoms with Gasteiger partial charge in [0.1, 0.15) is 0 Å². The van der Waals surface area contributed by atoms with Crippen LogP contribution in [0.3, 0.4) is 0 Å². The number of rotatable bonds is 3. The van der Waals surface area contributed by atoms with Gasteiger partial charge in [-0.05, 0) is 52.4 Å². The maximum atomic E-state index is 12.0. The predicted molar refractivity (Wildman–Crippen MR) is 81.3 cm³/mol. The molecule has 0 aromatic heterocycles. The molecule has 0 heterocycles. The molecule has 0 spiro atoms. The maximum absolute atomic E-state index is 12.0.